The number of carbonyl (C=O) groups is 1. The van der Waals surface area contributed by atoms with Crippen LogP contribution in [0.1, 0.15) is 58.8 Å². The Morgan fingerprint density at radius 3 is 2.39 bits per heavy atom. The van der Waals surface area contributed by atoms with Crippen LogP contribution < -0.4 is 0 Å². The van der Waals surface area contributed by atoms with E-state index in [0.717, 1.165) is 38.5 Å². The topological polar surface area (TPSA) is 46.5 Å². The van der Waals surface area contributed by atoms with Gasteiger partial charge in [0.05, 0.1) is 7.11 Å². The lowest BCUT2D eigenvalue weighted by molar-refractivity contribution is -0.140. The summed E-state index contributed by atoms with van der Waals surface area (Å²) >= 11 is 0. The predicted molar refractivity (Wildman–Crippen MR) is 73.0 cm³/mol. The van der Waals surface area contributed by atoms with Crippen molar-refractivity contribution in [1.82, 2.24) is 0 Å². The standard InChI is InChI=1S/C15H26O3/c1-13(2)14(16)11-9-7-5-4-6-8-10-12-15(17)18-3/h13-14,16H,4-8,10,12H2,1-3H3/t14-/m0/s1. The molecule has 0 rings (SSSR count). The van der Waals surface area contributed by atoms with Crippen LogP contribution in [0.3, 0.4) is 0 Å². The summed E-state index contributed by atoms with van der Waals surface area (Å²) in [6, 6.07) is 0. The Kier molecular flexibility index (Phi) is 10.5. The maximum absolute atomic E-state index is 10.8. The Morgan fingerprint density at radius 1 is 1.17 bits per heavy atom. The van der Waals surface area contributed by atoms with E-state index in [1.807, 2.05) is 13.8 Å². The van der Waals surface area contributed by atoms with E-state index >= 15 is 0 Å². The SMILES string of the molecule is COC(=O)CCCCCCCC#C[C@H](O)C(C)C. The Balaban J connectivity index is 3.33. The van der Waals surface area contributed by atoms with Crippen LogP contribution in [-0.4, -0.2) is 24.3 Å². The van der Waals surface area contributed by atoms with E-state index in [4.69, 9.17) is 0 Å². The Labute approximate surface area is 111 Å². The van der Waals surface area contributed by atoms with Gasteiger partial charge >= 0.3 is 5.97 Å². The van der Waals surface area contributed by atoms with E-state index in [1.165, 1.54) is 7.11 Å². The molecule has 0 radical (unpaired) electrons. The highest BCUT2D eigenvalue weighted by Crippen LogP contribution is 2.07. The third-order valence-corrected chi connectivity index (χ3v) is 2.79. The number of carbonyl (C=O) groups excluding carboxylic acids is 1. The highest BCUT2D eigenvalue weighted by atomic mass is 16.5. The first-order valence-electron chi connectivity index (χ1n) is 6.81. The summed E-state index contributed by atoms with van der Waals surface area (Å²) in [4.78, 5) is 10.8. The molecule has 3 nitrogen and oxygen atoms in total. The fraction of sp³-hybridized carbons (Fsp3) is 0.800. The molecule has 0 spiro atoms. The fourth-order valence-corrected chi connectivity index (χ4v) is 1.46. The van der Waals surface area contributed by atoms with Crippen molar-refractivity contribution >= 4 is 5.97 Å². The second-order valence-electron chi connectivity index (χ2n) is 4.85. The summed E-state index contributed by atoms with van der Waals surface area (Å²) in [6.07, 6.45) is 6.18. The van der Waals surface area contributed by atoms with Crippen molar-refractivity contribution in [3.63, 3.8) is 0 Å². The molecular formula is C15H26O3. The average Bonchev–Trinajstić information content (AvgIpc) is 2.35. The van der Waals surface area contributed by atoms with Gasteiger partial charge in [0.1, 0.15) is 6.10 Å². The van der Waals surface area contributed by atoms with Gasteiger partial charge in [0.25, 0.3) is 0 Å². The molecule has 0 aromatic heterocycles. The van der Waals surface area contributed by atoms with Gasteiger partial charge in [-0.15, -0.1) is 5.92 Å². The van der Waals surface area contributed by atoms with Gasteiger partial charge in [0.15, 0.2) is 0 Å². The first kappa shape index (κ1) is 17.0. The Morgan fingerprint density at radius 2 is 1.78 bits per heavy atom. The smallest absolute Gasteiger partial charge is 0.305 e. The van der Waals surface area contributed by atoms with E-state index in [1.54, 1.807) is 0 Å². The van der Waals surface area contributed by atoms with Crippen molar-refractivity contribution in [2.75, 3.05) is 7.11 Å². The van der Waals surface area contributed by atoms with Crippen molar-refractivity contribution in [3.8, 4) is 11.8 Å². The molecule has 0 fully saturated rings. The number of unbranched alkanes of at least 4 members (excludes halogenated alkanes) is 5. The van der Waals surface area contributed by atoms with E-state index in [-0.39, 0.29) is 11.9 Å². The van der Waals surface area contributed by atoms with Gasteiger partial charge in [-0.3, -0.25) is 4.79 Å². The van der Waals surface area contributed by atoms with Crippen LogP contribution >= 0.6 is 0 Å². The highest BCUT2D eigenvalue weighted by molar-refractivity contribution is 5.68. The first-order valence-corrected chi connectivity index (χ1v) is 6.81. The zero-order valence-electron chi connectivity index (χ0n) is 11.9. The average molecular weight is 254 g/mol. The summed E-state index contributed by atoms with van der Waals surface area (Å²) < 4.78 is 4.57. The molecule has 0 unspecified atom stereocenters. The molecular weight excluding hydrogens is 228 g/mol. The molecule has 1 atom stereocenters. The molecule has 0 aromatic rings. The first-order chi connectivity index (χ1) is 8.57. The molecule has 3 heteroatoms. The van der Waals surface area contributed by atoms with Gasteiger partial charge in [0.2, 0.25) is 0 Å². The molecule has 0 aliphatic heterocycles. The minimum absolute atomic E-state index is 0.122. The van der Waals surface area contributed by atoms with E-state index < -0.39 is 6.10 Å². The lowest BCUT2D eigenvalue weighted by Gasteiger charge is -2.05. The van der Waals surface area contributed by atoms with E-state index in [9.17, 15) is 9.90 Å². The van der Waals surface area contributed by atoms with Crippen LogP contribution in [0.25, 0.3) is 0 Å². The molecule has 0 amide bonds. The third-order valence-electron chi connectivity index (χ3n) is 2.79. The van der Waals surface area contributed by atoms with E-state index in [2.05, 4.69) is 16.6 Å². The van der Waals surface area contributed by atoms with Gasteiger partial charge in [-0.1, -0.05) is 39.0 Å². The third kappa shape index (κ3) is 10.2. The van der Waals surface area contributed by atoms with Crippen molar-refractivity contribution in [2.45, 2.75) is 64.9 Å². The molecule has 18 heavy (non-hydrogen) atoms. The number of hydrogen-bond acceptors (Lipinski definition) is 3. The summed E-state index contributed by atoms with van der Waals surface area (Å²) in [5.74, 6) is 5.94. The van der Waals surface area contributed by atoms with Gasteiger partial charge in [0, 0.05) is 12.8 Å². The van der Waals surface area contributed by atoms with E-state index in [0.29, 0.717) is 6.42 Å². The van der Waals surface area contributed by atoms with Crippen LogP contribution in [0.5, 0.6) is 0 Å². The Bertz CT molecular complexity index is 273. The summed E-state index contributed by atoms with van der Waals surface area (Å²) in [5, 5.41) is 9.46. The van der Waals surface area contributed by atoms with Crippen LogP contribution in [-0.2, 0) is 9.53 Å². The maximum Gasteiger partial charge on any atom is 0.305 e. The Hall–Kier alpha value is -1.01. The number of aliphatic hydroxyl groups excluding tert-OH is 1. The molecule has 0 aliphatic carbocycles. The van der Waals surface area contributed by atoms with Gasteiger partial charge in [-0.25, -0.2) is 0 Å². The number of ether oxygens (including phenoxy) is 1. The molecule has 0 aliphatic rings. The second kappa shape index (κ2) is 11.1. The minimum Gasteiger partial charge on any atom is -0.469 e. The molecule has 104 valence electrons. The van der Waals surface area contributed by atoms with Crippen LogP contribution in [0.2, 0.25) is 0 Å². The summed E-state index contributed by atoms with van der Waals surface area (Å²) in [5.41, 5.74) is 0. The molecule has 0 aromatic carbocycles. The predicted octanol–water partition coefficient (Wildman–Crippen LogP) is 2.91. The maximum atomic E-state index is 10.8. The second-order valence-corrected chi connectivity index (χ2v) is 4.85. The van der Waals surface area contributed by atoms with Gasteiger partial charge < -0.3 is 9.84 Å². The zero-order chi connectivity index (χ0) is 13.8. The van der Waals surface area contributed by atoms with Crippen molar-refractivity contribution in [3.05, 3.63) is 0 Å². The van der Waals surface area contributed by atoms with Crippen molar-refractivity contribution < 1.29 is 14.6 Å². The van der Waals surface area contributed by atoms with Crippen LogP contribution in [0, 0.1) is 17.8 Å². The van der Waals surface area contributed by atoms with Crippen LogP contribution in [0.15, 0.2) is 0 Å². The van der Waals surface area contributed by atoms with Gasteiger partial charge in [-0.2, -0.15) is 0 Å². The summed E-state index contributed by atoms with van der Waals surface area (Å²) in [7, 11) is 1.42. The fourth-order valence-electron chi connectivity index (χ4n) is 1.46. The number of aliphatic hydroxyl groups is 1. The largest absolute Gasteiger partial charge is 0.469 e. The zero-order valence-corrected chi connectivity index (χ0v) is 11.9. The molecule has 0 bridgehead atoms. The monoisotopic (exact) mass is 254 g/mol. The minimum atomic E-state index is -0.495. The number of rotatable bonds is 8. The molecule has 0 heterocycles. The van der Waals surface area contributed by atoms with Crippen LogP contribution in [0.4, 0.5) is 0 Å². The highest BCUT2D eigenvalue weighted by Gasteiger charge is 2.03. The number of esters is 1. The number of hydrogen-bond donors (Lipinski definition) is 1. The number of methoxy groups -OCH3 is 1. The van der Waals surface area contributed by atoms with Crippen molar-refractivity contribution in [1.29, 1.82) is 0 Å². The van der Waals surface area contributed by atoms with Crippen molar-refractivity contribution in [2.24, 2.45) is 5.92 Å². The summed E-state index contributed by atoms with van der Waals surface area (Å²) in [6.45, 7) is 3.92. The normalized spacial score (nSPS) is 11.8. The lowest BCUT2D eigenvalue weighted by atomic mass is 10.1. The quantitative estimate of drug-likeness (QED) is 0.411. The molecule has 1 N–H and O–H groups in total. The lowest BCUT2D eigenvalue weighted by Crippen LogP contribution is -2.11. The molecule has 0 saturated carbocycles. The molecule has 0 saturated heterocycles. The van der Waals surface area contributed by atoms with Gasteiger partial charge in [-0.05, 0) is 18.8 Å².